The molecular formula is C12H10F2N2O3S2. The molecule has 112 valence electrons. The Labute approximate surface area is 123 Å². The Balaban J connectivity index is 2.38. The van der Waals surface area contributed by atoms with Crippen molar-refractivity contribution < 1.29 is 22.0 Å². The van der Waals surface area contributed by atoms with E-state index in [0.29, 0.717) is 11.8 Å². The SMILES string of the molecule is Cc1cc(F)c(S(=O)(=O)NC(=O)c2scnc2C)cc1F. The number of aryl methyl sites for hydroxylation is 2. The summed E-state index contributed by atoms with van der Waals surface area (Å²) in [6, 6.07) is 1.30. The lowest BCUT2D eigenvalue weighted by atomic mass is 10.2. The van der Waals surface area contributed by atoms with Crippen molar-refractivity contribution in [3.8, 4) is 0 Å². The number of nitrogens with zero attached hydrogens (tertiary/aromatic N) is 1. The molecule has 0 fully saturated rings. The van der Waals surface area contributed by atoms with E-state index in [2.05, 4.69) is 4.98 Å². The molecule has 5 nitrogen and oxygen atoms in total. The number of hydrogen-bond acceptors (Lipinski definition) is 5. The van der Waals surface area contributed by atoms with Gasteiger partial charge in [0.2, 0.25) is 0 Å². The first-order valence-corrected chi connectivity index (χ1v) is 8.01. The predicted octanol–water partition coefficient (Wildman–Crippen LogP) is 2.16. The Morgan fingerprint density at radius 2 is 1.90 bits per heavy atom. The molecule has 1 heterocycles. The fraction of sp³-hybridized carbons (Fsp3) is 0.167. The zero-order valence-electron chi connectivity index (χ0n) is 11.0. The number of thiazole rings is 1. The molecular weight excluding hydrogens is 322 g/mol. The summed E-state index contributed by atoms with van der Waals surface area (Å²) in [4.78, 5) is 14.8. The van der Waals surface area contributed by atoms with E-state index in [-0.39, 0.29) is 10.4 Å². The van der Waals surface area contributed by atoms with Crippen LogP contribution in [-0.2, 0) is 10.0 Å². The number of sulfonamides is 1. The molecule has 0 aliphatic rings. The summed E-state index contributed by atoms with van der Waals surface area (Å²) in [6.45, 7) is 2.83. The zero-order chi connectivity index (χ0) is 15.8. The van der Waals surface area contributed by atoms with Crippen molar-refractivity contribution in [2.24, 2.45) is 0 Å². The van der Waals surface area contributed by atoms with Crippen LogP contribution in [0.3, 0.4) is 0 Å². The number of carbonyl (C=O) groups excluding carboxylic acids is 1. The first kappa shape index (κ1) is 15.5. The van der Waals surface area contributed by atoms with Gasteiger partial charge in [-0.15, -0.1) is 11.3 Å². The molecule has 1 aromatic carbocycles. The van der Waals surface area contributed by atoms with E-state index in [1.165, 1.54) is 19.4 Å². The lowest BCUT2D eigenvalue weighted by molar-refractivity contribution is 0.0984. The summed E-state index contributed by atoms with van der Waals surface area (Å²) >= 11 is 0.948. The number of amides is 1. The predicted molar refractivity (Wildman–Crippen MR) is 72.6 cm³/mol. The highest BCUT2D eigenvalue weighted by Crippen LogP contribution is 2.20. The van der Waals surface area contributed by atoms with E-state index in [0.717, 1.165) is 17.4 Å². The molecule has 0 aliphatic heterocycles. The van der Waals surface area contributed by atoms with Crippen LogP contribution >= 0.6 is 11.3 Å². The minimum Gasteiger partial charge on any atom is -0.267 e. The maximum Gasteiger partial charge on any atom is 0.276 e. The van der Waals surface area contributed by atoms with E-state index >= 15 is 0 Å². The minimum absolute atomic E-state index is 0.0314. The van der Waals surface area contributed by atoms with Gasteiger partial charge in [-0.05, 0) is 31.5 Å². The van der Waals surface area contributed by atoms with Crippen LogP contribution in [0.5, 0.6) is 0 Å². The minimum atomic E-state index is -4.51. The van der Waals surface area contributed by atoms with Crippen molar-refractivity contribution in [3.05, 3.63) is 45.4 Å². The van der Waals surface area contributed by atoms with Gasteiger partial charge in [0.15, 0.2) is 0 Å². The van der Waals surface area contributed by atoms with E-state index in [1.807, 2.05) is 0 Å². The summed E-state index contributed by atoms with van der Waals surface area (Å²) in [5, 5.41) is 0. The number of rotatable bonds is 3. The standard InChI is InChI=1S/C12H10F2N2O3S2/c1-6-3-9(14)10(4-8(6)13)21(18,19)16-12(17)11-7(2)15-5-20-11/h3-5H,1-2H3,(H,16,17). The molecule has 0 bridgehead atoms. The molecule has 0 aliphatic carbocycles. The van der Waals surface area contributed by atoms with Crippen LogP contribution in [0.15, 0.2) is 22.5 Å². The highest BCUT2D eigenvalue weighted by Gasteiger charge is 2.25. The summed E-state index contributed by atoms with van der Waals surface area (Å²) in [5.41, 5.74) is 1.70. The molecule has 2 rings (SSSR count). The number of aromatic nitrogens is 1. The molecule has 2 aromatic rings. The molecule has 0 radical (unpaired) electrons. The van der Waals surface area contributed by atoms with Gasteiger partial charge in [0.05, 0.1) is 11.2 Å². The van der Waals surface area contributed by atoms with Crippen LogP contribution in [0.4, 0.5) is 8.78 Å². The van der Waals surface area contributed by atoms with Crippen LogP contribution in [0.25, 0.3) is 0 Å². The largest absolute Gasteiger partial charge is 0.276 e. The Bertz CT molecular complexity index is 816. The van der Waals surface area contributed by atoms with Crippen LogP contribution < -0.4 is 4.72 Å². The van der Waals surface area contributed by atoms with Gasteiger partial charge in [0, 0.05) is 0 Å². The quantitative estimate of drug-likeness (QED) is 0.934. The normalized spacial score (nSPS) is 11.4. The summed E-state index contributed by atoms with van der Waals surface area (Å²) in [5.74, 6) is -2.94. The molecule has 0 saturated carbocycles. The molecule has 1 N–H and O–H groups in total. The van der Waals surface area contributed by atoms with Gasteiger partial charge in [0.1, 0.15) is 21.4 Å². The number of benzene rings is 1. The summed E-state index contributed by atoms with van der Waals surface area (Å²) < 4.78 is 52.8. The van der Waals surface area contributed by atoms with Crippen molar-refractivity contribution in [3.63, 3.8) is 0 Å². The van der Waals surface area contributed by atoms with Gasteiger partial charge >= 0.3 is 0 Å². The third-order valence-electron chi connectivity index (χ3n) is 2.68. The van der Waals surface area contributed by atoms with Crippen molar-refractivity contribution in [1.82, 2.24) is 9.71 Å². The first-order valence-electron chi connectivity index (χ1n) is 5.65. The van der Waals surface area contributed by atoms with E-state index < -0.39 is 32.5 Å². The number of carbonyl (C=O) groups is 1. The first-order chi connectivity index (χ1) is 9.72. The Morgan fingerprint density at radius 3 is 2.48 bits per heavy atom. The van der Waals surface area contributed by atoms with E-state index in [1.54, 1.807) is 4.72 Å². The molecule has 0 atom stereocenters. The average molecular weight is 332 g/mol. The van der Waals surface area contributed by atoms with Gasteiger partial charge in [-0.2, -0.15) is 0 Å². The second-order valence-electron chi connectivity index (χ2n) is 4.23. The summed E-state index contributed by atoms with van der Waals surface area (Å²) in [6.07, 6.45) is 0. The van der Waals surface area contributed by atoms with Gasteiger partial charge in [-0.3, -0.25) is 4.79 Å². The monoisotopic (exact) mass is 332 g/mol. The number of halogens is 2. The van der Waals surface area contributed by atoms with Crippen LogP contribution in [0.2, 0.25) is 0 Å². The molecule has 0 saturated heterocycles. The van der Waals surface area contributed by atoms with Gasteiger partial charge in [-0.25, -0.2) is 26.9 Å². The Hall–Kier alpha value is -1.87. The van der Waals surface area contributed by atoms with Crippen molar-refractivity contribution in [2.45, 2.75) is 18.7 Å². The molecule has 1 aromatic heterocycles. The summed E-state index contributed by atoms with van der Waals surface area (Å²) in [7, 11) is -4.51. The maximum absolute atomic E-state index is 13.7. The molecule has 0 spiro atoms. The third-order valence-corrected chi connectivity index (χ3v) is 4.95. The second-order valence-corrected chi connectivity index (χ2v) is 6.74. The smallest absolute Gasteiger partial charge is 0.267 e. The third kappa shape index (κ3) is 3.08. The average Bonchev–Trinajstić information content (AvgIpc) is 2.79. The number of nitrogens with one attached hydrogen (secondary N) is 1. The maximum atomic E-state index is 13.7. The van der Waals surface area contributed by atoms with Gasteiger partial charge in [0.25, 0.3) is 15.9 Å². The molecule has 1 amide bonds. The zero-order valence-corrected chi connectivity index (χ0v) is 12.6. The highest BCUT2D eigenvalue weighted by atomic mass is 32.2. The highest BCUT2D eigenvalue weighted by molar-refractivity contribution is 7.90. The van der Waals surface area contributed by atoms with Crippen molar-refractivity contribution in [2.75, 3.05) is 0 Å². The Morgan fingerprint density at radius 1 is 1.24 bits per heavy atom. The number of hydrogen-bond donors (Lipinski definition) is 1. The molecule has 21 heavy (non-hydrogen) atoms. The van der Waals surface area contributed by atoms with Crippen molar-refractivity contribution >= 4 is 27.3 Å². The van der Waals surface area contributed by atoms with Gasteiger partial charge in [-0.1, -0.05) is 0 Å². The Kier molecular flexibility index (Phi) is 4.06. The van der Waals surface area contributed by atoms with Crippen LogP contribution in [0, 0.1) is 25.5 Å². The van der Waals surface area contributed by atoms with E-state index in [9.17, 15) is 22.0 Å². The topological polar surface area (TPSA) is 76.1 Å². The van der Waals surface area contributed by atoms with Crippen LogP contribution in [-0.4, -0.2) is 19.3 Å². The lowest BCUT2D eigenvalue weighted by Crippen LogP contribution is -2.31. The fourth-order valence-electron chi connectivity index (χ4n) is 1.58. The van der Waals surface area contributed by atoms with Crippen molar-refractivity contribution in [1.29, 1.82) is 0 Å². The molecule has 0 unspecified atom stereocenters. The fourth-order valence-corrected chi connectivity index (χ4v) is 3.37. The van der Waals surface area contributed by atoms with Gasteiger partial charge < -0.3 is 0 Å². The van der Waals surface area contributed by atoms with E-state index in [4.69, 9.17) is 0 Å². The molecule has 9 heteroatoms. The van der Waals surface area contributed by atoms with Crippen LogP contribution in [0.1, 0.15) is 20.9 Å². The second kappa shape index (κ2) is 5.49. The lowest BCUT2D eigenvalue weighted by Gasteiger charge is -2.08.